The molecule has 18 heavy (non-hydrogen) atoms. The molecule has 2 aliphatic rings. The predicted octanol–water partition coefficient (Wildman–Crippen LogP) is 3.08. The molecule has 2 aromatic rings. The van der Waals surface area contributed by atoms with Crippen molar-refractivity contribution in [1.29, 1.82) is 5.26 Å². The summed E-state index contributed by atoms with van der Waals surface area (Å²) >= 11 is 1.85. The number of benzene rings is 1. The van der Waals surface area contributed by atoms with Gasteiger partial charge in [-0.15, -0.1) is 11.3 Å². The van der Waals surface area contributed by atoms with Crippen LogP contribution in [0.2, 0.25) is 0 Å². The van der Waals surface area contributed by atoms with Gasteiger partial charge in [-0.25, -0.2) is 0 Å². The van der Waals surface area contributed by atoms with Crippen LogP contribution in [0.1, 0.15) is 40.1 Å². The van der Waals surface area contributed by atoms with Gasteiger partial charge in [0.05, 0.1) is 17.2 Å². The molecule has 0 aliphatic carbocycles. The minimum Gasteiger partial charge on any atom is -0.297 e. The molecule has 3 heteroatoms. The maximum absolute atomic E-state index is 9.08. The standard InChI is InChI=1S/C15H12N2S/c1-15-11-4-5-18-14(11)7-13(17-15)10-3-2-9(8-16)6-12(10)15/h2-6,13,17H,7H2,1H3. The molecule has 1 aromatic carbocycles. The quantitative estimate of drug-likeness (QED) is 0.782. The Morgan fingerprint density at radius 3 is 3.11 bits per heavy atom. The zero-order valence-electron chi connectivity index (χ0n) is 10.0. The third-order valence-electron chi connectivity index (χ3n) is 4.23. The van der Waals surface area contributed by atoms with E-state index in [1.165, 1.54) is 21.6 Å². The fourth-order valence-electron chi connectivity index (χ4n) is 3.38. The Morgan fingerprint density at radius 2 is 2.28 bits per heavy atom. The first kappa shape index (κ1) is 10.3. The molecule has 0 fully saturated rings. The zero-order chi connectivity index (χ0) is 12.3. The van der Waals surface area contributed by atoms with E-state index in [2.05, 4.69) is 41.9 Å². The van der Waals surface area contributed by atoms with Crippen LogP contribution in [-0.4, -0.2) is 0 Å². The highest BCUT2D eigenvalue weighted by Crippen LogP contribution is 2.49. The van der Waals surface area contributed by atoms with Crippen LogP contribution >= 0.6 is 11.3 Å². The maximum atomic E-state index is 9.08. The highest BCUT2D eigenvalue weighted by molar-refractivity contribution is 7.10. The molecule has 0 radical (unpaired) electrons. The molecule has 0 saturated heterocycles. The molecule has 2 nitrogen and oxygen atoms in total. The summed E-state index contributed by atoms with van der Waals surface area (Å²) in [4.78, 5) is 1.48. The van der Waals surface area contributed by atoms with Crippen LogP contribution in [0.15, 0.2) is 29.6 Å². The average Bonchev–Trinajstić information content (AvgIpc) is 2.94. The van der Waals surface area contributed by atoms with E-state index in [1.54, 1.807) is 0 Å². The van der Waals surface area contributed by atoms with E-state index in [9.17, 15) is 0 Å². The van der Waals surface area contributed by atoms with E-state index in [-0.39, 0.29) is 5.54 Å². The van der Waals surface area contributed by atoms with Crippen molar-refractivity contribution in [2.75, 3.05) is 0 Å². The summed E-state index contributed by atoms with van der Waals surface area (Å²) in [6.45, 7) is 2.23. The van der Waals surface area contributed by atoms with Crippen molar-refractivity contribution in [2.24, 2.45) is 0 Å². The van der Waals surface area contributed by atoms with E-state index in [0.29, 0.717) is 6.04 Å². The van der Waals surface area contributed by atoms with Gasteiger partial charge in [0, 0.05) is 17.3 Å². The van der Waals surface area contributed by atoms with Crippen LogP contribution in [-0.2, 0) is 12.0 Å². The van der Waals surface area contributed by atoms with E-state index in [1.807, 2.05) is 17.4 Å². The van der Waals surface area contributed by atoms with Gasteiger partial charge in [0.2, 0.25) is 0 Å². The SMILES string of the molecule is CC12NC(Cc3sccc31)c1ccc(C#N)cc12. The third kappa shape index (κ3) is 1.10. The number of nitriles is 1. The summed E-state index contributed by atoms with van der Waals surface area (Å²) < 4.78 is 0. The average molecular weight is 252 g/mol. The Hall–Kier alpha value is -1.63. The van der Waals surface area contributed by atoms with E-state index < -0.39 is 0 Å². The van der Waals surface area contributed by atoms with Gasteiger partial charge in [-0.2, -0.15) is 5.26 Å². The van der Waals surface area contributed by atoms with Gasteiger partial charge in [0.15, 0.2) is 0 Å². The predicted molar refractivity (Wildman–Crippen MR) is 71.5 cm³/mol. The lowest BCUT2D eigenvalue weighted by Crippen LogP contribution is -2.40. The van der Waals surface area contributed by atoms with Crippen molar-refractivity contribution in [2.45, 2.75) is 24.9 Å². The molecule has 4 rings (SSSR count). The van der Waals surface area contributed by atoms with E-state index in [0.717, 1.165) is 12.0 Å². The van der Waals surface area contributed by atoms with Crippen LogP contribution in [0.3, 0.4) is 0 Å². The minimum absolute atomic E-state index is 0.111. The fourth-order valence-corrected chi connectivity index (χ4v) is 4.41. The lowest BCUT2D eigenvalue weighted by Gasteiger charge is -2.32. The third-order valence-corrected chi connectivity index (χ3v) is 5.18. The number of thiophene rings is 1. The number of rotatable bonds is 0. The van der Waals surface area contributed by atoms with Crippen LogP contribution in [0, 0.1) is 11.3 Å². The Morgan fingerprint density at radius 1 is 1.39 bits per heavy atom. The molecule has 1 aromatic heterocycles. The normalized spacial score (nSPS) is 27.4. The molecular formula is C15H12N2S. The van der Waals surface area contributed by atoms with Gasteiger partial charge in [-0.05, 0) is 47.2 Å². The van der Waals surface area contributed by atoms with Crippen molar-refractivity contribution >= 4 is 11.3 Å². The lowest BCUT2D eigenvalue weighted by atomic mass is 9.85. The second-order valence-electron chi connectivity index (χ2n) is 5.20. The molecule has 2 aliphatic heterocycles. The Labute approximate surface area is 110 Å². The highest BCUT2D eigenvalue weighted by Gasteiger charge is 2.46. The van der Waals surface area contributed by atoms with Gasteiger partial charge < -0.3 is 0 Å². The molecule has 2 bridgehead atoms. The van der Waals surface area contributed by atoms with Gasteiger partial charge in [-0.1, -0.05) is 6.07 Å². The molecule has 1 N–H and O–H groups in total. The second kappa shape index (κ2) is 3.23. The van der Waals surface area contributed by atoms with Crippen LogP contribution in [0.5, 0.6) is 0 Å². The summed E-state index contributed by atoms with van der Waals surface area (Å²) in [7, 11) is 0. The number of hydrogen-bond donors (Lipinski definition) is 1. The highest BCUT2D eigenvalue weighted by atomic mass is 32.1. The van der Waals surface area contributed by atoms with Crippen molar-refractivity contribution in [3.05, 3.63) is 56.8 Å². The molecule has 0 amide bonds. The summed E-state index contributed by atoms with van der Waals surface area (Å²) in [6, 6.07) is 11.0. The van der Waals surface area contributed by atoms with Crippen LogP contribution < -0.4 is 5.32 Å². The van der Waals surface area contributed by atoms with Crippen LogP contribution in [0.4, 0.5) is 0 Å². The number of fused-ring (bicyclic) bond motifs is 7. The molecule has 3 heterocycles. The van der Waals surface area contributed by atoms with Gasteiger partial charge in [0.25, 0.3) is 0 Å². The molecule has 0 spiro atoms. The molecular weight excluding hydrogens is 240 g/mol. The van der Waals surface area contributed by atoms with Crippen molar-refractivity contribution in [1.82, 2.24) is 5.32 Å². The van der Waals surface area contributed by atoms with E-state index >= 15 is 0 Å². The smallest absolute Gasteiger partial charge is 0.0991 e. The minimum atomic E-state index is -0.111. The van der Waals surface area contributed by atoms with Gasteiger partial charge in [-0.3, -0.25) is 5.32 Å². The summed E-state index contributed by atoms with van der Waals surface area (Å²) in [5.74, 6) is 0. The zero-order valence-corrected chi connectivity index (χ0v) is 10.8. The van der Waals surface area contributed by atoms with Gasteiger partial charge >= 0.3 is 0 Å². The van der Waals surface area contributed by atoms with Gasteiger partial charge in [0.1, 0.15) is 0 Å². The Kier molecular flexibility index (Phi) is 1.85. The number of hydrogen-bond acceptors (Lipinski definition) is 3. The van der Waals surface area contributed by atoms with Crippen molar-refractivity contribution in [3.63, 3.8) is 0 Å². The first-order valence-corrected chi connectivity index (χ1v) is 6.99. The summed E-state index contributed by atoms with van der Waals surface area (Å²) in [5.41, 5.74) is 4.67. The van der Waals surface area contributed by atoms with Crippen molar-refractivity contribution < 1.29 is 0 Å². The van der Waals surface area contributed by atoms with Crippen LogP contribution in [0.25, 0.3) is 0 Å². The summed E-state index contributed by atoms with van der Waals surface area (Å²) in [6.07, 6.45) is 1.07. The second-order valence-corrected chi connectivity index (χ2v) is 6.20. The molecule has 2 atom stereocenters. The number of nitrogens with zero attached hydrogens (tertiary/aromatic N) is 1. The lowest BCUT2D eigenvalue weighted by molar-refractivity contribution is 0.393. The Bertz CT molecular complexity index is 695. The molecule has 2 unspecified atom stereocenters. The Balaban J connectivity index is 2.03. The van der Waals surface area contributed by atoms with E-state index in [4.69, 9.17) is 5.26 Å². The largest absolute Gasteiger partial charge is 0.297 e. The number of nitrogens with one attached hydrogen (secondary N) is 1. The molecule has 88 valence electrons. The maximum Gasteiger partial charge on any atom is 0.0991 e. The molecule has 0 saturated carbocycles. The summed E-state index contributed by atoms with van der Waals surface area (Å²) in [5, 5.41) is 15.0. The topological polar surface area (TPSA) is 35.8 Å². The first-order chi connectivity index (χ1) is 8.72. The first-order valence-electron chi connectivity index (χ1n) is 6.11. The monoisotopic (exact) mass is 252 g/mol. The fraction of sp³-hybridized carbons (Fsp3) is 0.267. The van der Waals surface area contributed by atoms with Crippen molar-refractivity contribution in [3.8, 4) is 6.07 Å².